The van der Waals surface area contributed by atoms with E-state index in [1.54, 1.807) is 38.1 Å². The number of hydrogen-bond donors (Lipinski definition) is 0. The summed E-state index contributed by atoms with van der Waals surface area (Å²) in [6.07, 6.45) is -4.80. The zero-order valence-electron chi connectivity index (χ0n) is 15.3. The Bertz CT molecular complexity index is 635. The van der Waals surface area contributed by atoms with Crippen molar-refractivity contribution in [2.75, 3.05) is 6.54 Å². The summed E-state index contributed by atoms with van der Waals surface area (Å²) >= 11 is 5.82. The van der Waals surface area contributed by atoms with Gasteiger partial charge in [-0.2, -0.15) is 18.4 Å². The van der Waals surface area contributed by atoms with E-state index in [0.29, 0.717) is 17.0 Å². The molecule has 1 aromatic rings. The molecule has 0 fully saturated rings. The molecule has 0 aliphatic carbocycles. The Balaban J connectivity index is 0.00000141. The number of amides is 1. The molecule has 0 unspecified atom stereocenters. The third-order valence-corrected chi connectivity index (χ3v) is 3.15. The second-order valence-electron chi connectivity index (χ2n) is 5.60. The summed E-state index contributed by atoms with van der Waals surface area (Å²) in [5.74, 6) is -0.262. The molecule has 0 aromatic heterocycles. The van der Waals surface area contributed by atoms with E-state index < -0.39 is 25.0 Å². The Labute approximate surface area is 157 Å². The number of hydrogen-bond acceptors (Lipinski definition) is 3. The first kappa shape index (κ1) is 23.9. The molecule has 0 heterocycles. The van der Waals surface area contributed by atoms with Gasteiger partial charge in [-0.15, -0.1) is 0 Å². The highest BCUT2D eigenvalue weighted by molar-refractivity contribution is 6.30. The van der Waals surface area contributed by atoms with E-state index in [4.69, 9.17) is 16.9 Å². The molecule has 1 amide bonds. The maximum Gasteiger partial charge on any atom is 0.390 e. The molecular formula is C18H23ClF3N3O. The van der Waals surface area contributed by atoms with Gasteiger partial charge < -0.3 is 0 Å². The summed E-state index contributed by atoms with van der Waals surface area (Å²) in [6.45, 7) is 6.16. The lowest BCUT2D eigenvalue weighted by Gasteiger charge is -2.24. The van der Waals surface area contributed by atoms with Crippen molar-refractivity contribution in [1.82, 2.24) is 4.90 Å². The number of nitriles is 1. The van der Waals surface area contributed by atoms with Crippen LogP contribution in [0.25, 0.3) is 0 Å². The quantitative estimate of drug-likeness (QED) is 0.524. The number of nitrogens with zero attached hydrogens (tertiary/aromatic N) is 3. The largest absolute Gasteiger partial charge is 0.390 e. The third-order valence-electron chi connectivity index (χ3n) is 2.90. The predicted octanol–water partition coefficient (Wildman–Crippen LogP) is 5.22. The van der Waals surface area contributed by atoms with Gasteiger partial charge in [-0.3, -0.25) is 14.7 Å². The fraction of sp³-hybridized carbons (Fsp3) is 0.500. The molecule has 0 saturated heterocycles. The number of carbonyl (C=O) groups is 1. The Hall–Kier alpha value is -2.07. The van der Waals surface area contributed by atoms with Crippen LogP contribution < -0.4 is 0 Å². The van der Waals surface area contributed by atoms with Gasteiger partial charge in [-0.05, 0) is 38.1 Å². The highest BCUT2D eigenvalue weighted by atomic mass is 35.5. The van der Waals surface area contributed by atoms with E-state index in [-0.39, 0.29) is 11.9 Å². The van der Waals surface area contributed by atoms with Crippen LogP contribution in [0.15, 0.2) is 29.3 Å². The highest BCUT2D eigenvalue weighted by Crippen LogP contribution is 2.21. The van der Waals surface area contributed by atoms with Gasteiger partial charge in [0.05, 0.1) is 12.5 Å². The Morgan fingerprint density at radius 1 is 1.31 bits per heavy atom. The first-order chi connectivity index (χ1) is 12.0. The molecule has 0 atom stereocenters. The number of amidine groups is 1. The number of carbonyl (C=O) groups excluding carboxylic acids is 1. The van der Waals surface area contributed by atoms with E-state index in [1.807, 2.05) is 13.0 Å². The Morgan fingerprint density at radius 2 is 1.81 bits per heavy atom. The third kappa shape index (κ3) is 10.0. The number of rotatable bonds is 4. The molecule has 1 rings (SSSR count). The van der Waals surface area contributed by atoms with Crippen LogP contribution in [0.5, 0.6) is 0 Å². The zero-order valence-corrected chi connectivity index (χ0v) is 16.0. The molecule has 4 nitrogen and oxygen atoms in total. The normalized spacial score (nSPS) is 11.5. The second kappa shape index (κ2) is 11.5. The van der Waals surface area contributed by atoms with Gasteiger partial charge in [0, 0.05) is 36.5 Å². The molecule has 8 heteroatoms. The topological polar surface area (TPSA) is 56.5 Å². The lowest BCUT2D eigenvalue weighted by molar-refractivity contribution is -0.140. The van der Waals surface area contributed by atoms with Crippen molar-refractivity contribution in [3.63, 3.8) is 0 Å². The minimum absolute atomic E-state index is 0.168. The van der Waals surface area contributed by atoms with E-state index >= 15 is 0 Å². The minimum Gasteiger partial charge on any atom is -0.297 e. The highest BCUT2D eigenvalue weighted by Gasteiger charge is 2.30. The van der Waals surface area contributed by atoms with E-state index in [1.165, 1.54) is 6.92 Å². The number of aliphatic imine (C=N–C) groups is 1. The van der Waals surface area contributed by atoms with Crippen molar-refractivity contribution < 1.29 is 18.0 Å². The fourth-order valence-corrected chi connectivity index (χ4v) is 1.92. The standard InChI is InChI=1S/C15H18ClF3N2O.C3H5N/c1-10(2)20-14(12-4-6-13(16)7-5-12)21(11(3)22)9-8-15(17,18)19;1-2-3-4/h4-7,10H,8-9H2,1-3H3;2H2,1H3. The minimum atomic E-state index is -4.34. The average Bonchev–Trinajstić information content (AvgIpc) is 2.53. The summed E-state index contributed by atoms with van der Waals surface area (Å²) in [5.41, 5.74) is 0.551. The lowest BCUT2D eigenvalue weighted by atomic mass is 10.1. The van der Waals surface area contributed by atoms with Crippen LogP contribution in [0, 0.1) is 11.3 Å². The van der Waals surface area contributed by atoms with Gasteiger partial charge in [-0.1, -0.05) is 18.5 Å². The number of alkyl halides is 3. The summed E-state index contributed by atoms with van der Waals surface area (Å²) < 4.78 is 37.4. The fourth-order valence-electron chi connectivity index (χ4n) is 1.79. The van der Waals surface area contributed by atoms with Crippen molar-refractivity contribution in [2.24, 2.45) is 4.99 Å². The maximum atomic E-state index is 12.5. The number of halogens is 4. The molecule has 0 saturated carbocycles. The van der Waals surface area contributed by atoms with Crippen molar-refractivity contribution >= 4 is 23.3 Å². The van der Waals surface area contributed by atoms with Crippen molar-refractivity contribution in [3.05, 3.63) is 34.9 Å². The van der Waals surface area contributed by atoms with Gasteiger partial charge in [0.15, 0.2) is 0 Å². The van der Waals surface area contributed by atoms with Crippen LogP contribution >= 0.6 is 11.6 Å². The molecule has 1 aromatic carbocycles. The second-order valence-corrected chi connectivity index (χ2v) is 6.04. The summed E-state index contributed by atoms with van der Waals surface area (Å²) in [7, 11) is 0. The summed E-state index contributed by atoms with van der Waals surface area (Å²) in [6, 6.07) is 8.24. The van der Waals surface area contributed by atoms with Gasteiger partial charge >= 0.3 is 6.18 Å². The van der Waals surface area contributed by atoms with Crippen molar-refractivity contribution in [3.8, 4) is 6.07 Å². The molecule has 0 spiro atoms. The molecule has 0 aliphatic rings. The van der Waals surface area contributed by atoms with E-state index in [0.717, 1.165) is 4.90 Å². The van der Waals surface area contributed by atoms with Crippen molar-refractivity contribution in [2.45, 2.75) is 52.8 Å². The van der Waals surface area contributed by atoms with Crippen LogP contribution in [0.4, 0.5) is 13.2 Å². The Kier molecular flexibility index (Phi) is 10.6. The monoisotopic (exact) mass is 389 g/mol. The average molecular weight is 390 g/mol. The van der Waals surface area contributed by atoms with Gasteiger partial charge in [0.25, 0.3) is 0 Å². The molecular weight excluding hydrogens is 367 g/mol. The number of benzene rings is 1. The first-order valence-electron chi connectivity index (χ1n) is 8.07. The molecule has 26 heavy (non-hydrogen) atoms. The smallest absolute Gasteiger partial charge is 0.297 e. The molecule has 0 bridgehead atoms. The van der Waals surface area contributed by atoms with Crippen LogP contribution in [0.2, 0.25) is 5.02 Å². The molecule has 0 N–H and O–H groups in total. The molecule has 0 aliphatic heterocycles. The van der Waals surface area contributed by atoms with Crippen LogP contribution in [-0.4, -0.2) is 35.4 Å². The summed E-state index contributed by atoms with van der Waals surface area (Å²) in [5, 5.41) is 8.12. The maximum absolute atomic E-state index is 12.5. The van der Waals surface area contributed by atoms with E-state index in [9.17, 15) is 18.0 Å². The Morgan fingerprint density at radius 3 is 2.15 bits per heavy atom. The van der Waals surface area contributed by atoms with Crippen LogP contribution in [-0.2, 0) is 4.79 Å². The van der Waals surface area contributed by atoms with Gasteiger partial charge in [-0.25, -0.2) is 0 Å². The van der Waals surface area contributed by atoms with Crippen LogP contribution in [0.1, 0.15) is 46.1 Å². The molecule has 144 valence electrons. The summed E-state index contributed by atoms with van der Waals surface area (Å²) in [4.78, 5) is 17.1. The predicted molar refractivity (Wildman–Crippen MR) is 97.1 cm³/mol. The lowest BCUT2D eigenvalue weighted by Crippen LogP contribution is -2.39. The SMILES string of the molecule is CC(=O)N(CCC(F)(F)F)C(=NC(C)C)c1ccc(Cl)cc1.CCC#N. The van der Waals surface area contributed by atoms with Crippen LogP contribution in [0.3, 0.4) is 0 Å². The first-order valence-corrected chi connectivity index (χ1v) is 8.45. The van der Waals surface area contributed by atoms with E-state index in [2.05, 4.69) is 4.99 Å². The van der Waals surface area contributed by atoms with Gasteiger partial charge in [0.1, 0.15) is 5.84 Å². The van der Waals surface area contributed by atoms with Gasteiger partial charge in [0.2, 0.25) is 5.91 Å². The zero-order chi connectivity index (χ0) is 20.3. The van der Waals surface area contributed by atoms with Crippen molar-refractivity contribution in [1.29, 1.82) is 5.26 Å². The molecule has 0 radical (unpaired) electrons.